The van der Waals surface area contributed by atoms with Gasteiger partial charge in [0.1, 0.15) is 5.75 Å². The third kappa shape index (κ3) is 5.31. The zero-order valence-corrected chi connectivity index (χ0v) is 15.9. The van der Waals surface area contributed by atoms with E-state index in [-0.39, 0.29) is 11.4 Å². The van der Waals surface area contributed by atoms with E-state index in [1.807, 2.05) is 42.5 Å². The second-order valence-electron chi connectivity index (χ2n) is 7.29. The number of hydrogen-bond donors (Lipinski definition) is 2. The van der Waals surface area contributed by atoms with Gasteiger partial charge in [0.25, 0.3) is 5.91 Å². The van der Waals surface area contributed by atoms with Gasteiger partial charge in [-0.1, -0.05) is 30.3 Å². The number of carbonyl (C=O) groups excluding carboxylic acids is 1. The number of amides is 1. The van der Waals surface area contributed by atoms with E-state index in [4.69, 9.17) is 4.74 Å². The number of methoxy groups -OCH3 is 1. The Morgan fingerprint density at radius 2 is 1.78 bits per heavy atom. The molecule has 27 heavy (non-hydrogen) atoms. The molecule has 1 amide bonds. The van der Waals surface area contributed by atoms with Crippen LogP contribution in [0, 0.1) is 0 Å². The quantitative estimate of drug-likeness (QED) is 0.788. The summed E-state index contributed by atoms with van der Waals surface area (Å²) in [5, 5.41) is 12.7. The van der Waals surface area contributed by atoms with E-state index in [1.54, 1.807) is 19.2 Å². The van der Waals surface area contributed by atoms with E-state index in [0.717, 1.165) is 38.9 Å². The molecule has 144 valence electrons. The SMILES string of the molecule is COCCC1(NC(=O)c2ccccc2)CCN(Cc2ccc(O)cc2)CC1. The first-order valence-electron chi connectivity index (χ1n) is 9.47. The molecule has 1 heterocycles. The fraction of sp³-hybridized carbons (Fsp3) is 0.409. The minimum Gasteiger partial charge on any atom is -0.508 e. The zero-order chi connectivity index (χ0) is 19.1. The molecule has 0 spiro atoms. The van der Waals surface area contributed by atoms with Gasteiger partial charge in [-0.25, -0.2) is 0 Å². The second kappa shape index (κ2) is 9.02. The summed E-state index contributed by atoms with van der Waals surface area (Å²) in [4.78, 5) is 15.1. The molecule has 2 aromatic carbocycles. The first-order valence-corrected chi connectivity index (χ1v) is 9.47. The molecule has 1 saturated heterocycles. The predicted molar refractivity (Wildman–Crippen MR) is 106 cm³/mol. The van der Waals surface area contributed by atoms with Crippen LogP contribution < -0.4 is 5.32 Å². The number of rotatable bonds is 7. The molecule has 3 rings (SSSR count). The van der Waals surface area contributed by atoms with Gasteiger partial charge >= 0.3 is 0 Å². The third-order valence-corrected chi connectivity index (χ3v) is 5.36. The van der Waals surface area contributed by atoms with Crippen LogP contribution in [0.25, 0.3) is 0 Å². The van der Waals surface area contributed by atoms with Crippen LogP contribution >= 0.6 is 0 Å². The summed E-state index contributed by atoms with van der Waals surface area (Å²) in [6, 6.07) is 16.7. The Morgan fingerprint density at radius 3 is 2.41 bits per heavy atom. The minimum absolute atomic E-state index is 0.0151. The highest BCUT2D eigenvalue weighted by atomic mass is 16.5. The third-order valence-electron chi connectivity index (χ3n) is 5.36. The Kier molecular flexibility index (Phi) is 6.48. The van der Waals surface area contributed by atoms with Gasteiger partial charge < -0.3 is 15.2 Å². The summed E-state index contributed by atoms with van der Waals surface area (Å²) in [5.74, 6) is 0.276. The molecule has 5 nitrogen and oxygen atoms in total. The molecule has 0 unspecified atom stereocenters. The summed E-state index contributed by atoms with van der Waals surface area (Å²) in [6.45, 7) is 3.32. The Bertz CT molecular complexity index is 723. The summed E-state index contributed by atoms with van der Waals surface area (Å²) in [7, 11) is 1.70. The van der Waals surface area contributed by atoms with Crippen LogP contribution in [0.5, 0.6) is 5.75 Å². The van der Waals surface area contributed by atoms with Crippen molar-refractivity contribution in [2.75, 3.05) is 26.8 Å². The van der Waals surface area contributed by atoms with E-state index in [9.17, 15) is 9.90 Å². The second-order valence-corrected chi connectivity index (χ2v) is 7.29. The van der Waals surface area contributed by atoms with E-state index in [0.29, 0.717) is 17.9 Å². The number of phenolic OH excluding ortho intramolecular Hbond substituents is 1. The lowest BCUT2D eigenvalue weighted by atomic mass is 9.84. The Hall–Kier alpha value is -2.37. The number of benzene rings is 2. The lowest BCUT2D eigenvalue weighted by Crippen LogP contribution is -2.55. The summed E-state index contributed by atoms with van der Waals surface area (Å²) in [6.07, 6.45) is 2.61. The Balaban J connectivity index is 1.62. The van der Waals surface area contributed by atoms with Crippen LogP contribution in [0.4, 0.5) is 0 Å². The van der Waals surface area contributed by atoms with Crippen molar-refractivity contribution < 1.29 is 14.6 Å². The molecule has 0 radical (unpaired) electrons. The fourth-order valence-electron chi connectivity index (χ4n) is 3.64. The van der Waals surface area contributed by atoms with Gasteiger partial charge in [0.05, 0.1) is 0 Å². The number of carbonyl (C=O) groups is 1. The van der Waals surface area contributed by atoms with Crippen molar-refractivity contribution in [3.63, 3.8) is 0 Å². The van der Waals surface area contributed by atoms with Crippen LogP contribution in [0.2, 0.25) is 0 Å². The molecule has 1 aliphatic heterocycles. The number of hydrogen-bond acceptors (Lipinski definition) is 4. The maximum absolute atomic E-state index is 12.7. The number of nitrogens with zero attached hydrogens (tertiary/aromatic N) is 1. The largest absolute Gasteiger partial charge is 0.508 e. The molecule has 5 heteroatoms. The molecule has 1 aliphatic rings. The maximum atomic E-state index is 12.7. The number of likely N-dealkylation sites (tertiary alicyclic amines) is 1. The van der Waals surface area contributed by atoms with Gasteiger partial charge in [0.15, 0.2) is 0 Å². The Labute approximate surface area is 161 Å². The van der Waals surface area contributed by atoms with Gasteiger partial charge in [-0.2, -0.15) is 0 Å². The van der Waals surface area contributed by atoms with Crippen LogP contribution in [0.1, 0.15) is 35.2 Å². The monoisotopic (exact) mass is 368 g/mol. The van der Waals surface area contributed by atoms with Crippen LogP contribution in [-0.4, -0.2) is 48.3 Å². The topological polar surface area (TPSA) is 61.8 Å². The van der Waals surface area contributed by atoms with Gasteiger partial charge in [0, 0.05) is 44.5 Å². The lowest BCUT2D eigenvalue weighted by molar-refractivity contribution is 0.0691. The van der Waals surface area contributed by atoms with Crippen LogP contribution in [0.15, 0.2) is 54.6 Å². The molecular formula is C22H28N2O3. The van der Waals surface area contributed by atoms with Crippen molar-refractivity contribution in [2.45, 2.75) is 31.3 Å². The number of piperidine rings is 1. The highest BCUT2D eigenvalue weighted by Crippen LogP contribution is 2.27. The van der Waals surface area contributed by atoms with E-state index < -0.39 is 0 Å². The minimum atomic E-state index is -0.228. The van der Waals surface area contributed by atoms with Gasteiger partial charge in [-0.3, -0.25) is 9.69 Å². The van der Waals surface area contributed by atoms with Crippen molar-refractivity contribution in [1.29, 1.82) is 0 Å². The van der Waals surface area contributed by atoms with Crippen molar-refractivity contribution in [3.8, 4) is 5.75 Å². The molecule has 2 aromatic rings. The molecule has 0 atom stereocenters. The van der Waals surface area contributed by atoms with E-state index in [2.05, 4.69) is 10.2 Å². The first kappa shape index (κ1) is 19.4. The maximum Gasteiger partial charge on any atom is 0.251 e. The van der Waals surface area contributed by atoms with Crippen molar-refractivity contribution >= 4 is 5.91 Å². The standard InChI is InChI=1S/C22H28N2O3/c1-27-16-13-22(23-21(26)19-5-3-2-4-6-19)11-14-24(15-12-22)17-18-7-9-20(25)10-8-18/h2-10,25H,11-17H2,1H3,(H,23,26). The number of nitrogens with one attached hydrogen (secondary N) is 1. The molecule has 2 N–H and O–H groups in total. The fourth-order valence-corrected chi connectivity index (χ4v) is 3.64. The zero-order valence-electron chi connectivity index (χ0n) is 15.9. The smallest absolute Gasteiger partial charge is 0.251 e. The van der Waals surface area contributed by atoms with Gasteiger partial charge in [0.2, 0.25) is 0 Å². The van der Waals surface area contributed by atoms with Crippen LogP contribution in [0.3, 0.4) is 0 Å². The number of aromatic hydroxyl groups is 1. The lowest BCUT2D eigenvalue weighted by Gasteiger charge is -2.42. The number of ether oxygens (including phenoxy) is 1. The van der Waals surface area contributed by atoms with Gasteiger partial charge in [-0.05, 0) is 49.1 Å². The molecule has 0 saturated carbocycles. The molecule has 0 aliphatic carbocycles. The predicted octanol–water partition coefficient (Wildman–Crippen LogP) is 3.19. The molecular weight excluding hydrogens is 340 g/mol. The molecule has 0 bridgehead atoms. The van der Waals surface area contributed by atoms with Crippen molar-refractivity contribution in [3.05, 3.63) is 65.7 Å². The average Bonchev–Trinajstić information content (AvgIpc) is 2.70. The van der Waals surface area contributed by atoms with Crippen molar-refractivity contribution in [2.24, 2.45) is 0 Å². The van der Waals surface area contributed by atoms with Crippen LogP contribution in [-0.2, 0) is 11.3 Å². The highest BCUT2D eigenvalue weighted by Gasteiger charge is 2.35. The average molecular weight is 368 g/mol. The summed E-state index contributed by atoms with van der Waals surface area (Å²) in [5.41, 5.74) is 1.65. The number of phenols is 1. The van der Waals surface area contributed by atoms with Crippen molar-refractivity contribution in [1.82, 2.24) is 10.2 Å². The van der Waals surface area contributed by atoms with Gasteiger partial charge in [-0.15, -0.1) is 0 Å². The highest BCUT2D eigenvalue weighted by molar-refractivity contribution is 5.94. The normalized spacial score (nSPS) is 16.8. The summed E-state index contributed by atoms with van der Waals surface area (Å²) >= 11 is 0. The van der Waals surface area contributed by atoms with E-state index in [1.165, 1.54) is 5.56 Å². The van der Waals surface area contributed by atoms with E-state index >= 15 is 0 Å². The summed E-state index contributed by atoms with van der Waals surface area (Å²) < 4.78 is 5.30. The first-order chi connectivity index (χ1) is 13.1. The molecule has 0 aromatic heterocycles. The molecule has 1 fully saturated rings. The Morgan fingerprint density at radius 1 is 1.11 bits per heavy atom.